The van der Waals surface area contributed by atoms with E-state index in [9.17, 15) is 0 Å². The van der Waals surface area contributed by atoms with Crippen LogP contribution in [0.1, 0.15) is 44.5 Å². The summed E-state index contributed by atoms with van der Waals surface area (Å²) in [6, 6.07) is 68.2. The van der Waals surface area contributed by atoms with Gasteiger partial charge in [0.05, 0.1) is 10.8 Å². The highest BCUT2D eigenvalue weighted by Gasteiger charge is 2.55. The van der Waals surface area contributed by atoms with Gasteiger partial charge in [-0.05, 0) is 119 Å². The second-order valence-electron chi connectivity index (χ2n) is 14.2. The van der Waals surface area contributed by atoms with Crippen molar-refractivity contribution in [2.75, 3.05) is 0 Å². The number of hydrogen-bond acceptors (Lipinski definition) is 0. The minimum Gasteiger partial charge on any atom is -0.0622 e. The van der Waals surface area contributed by atoms with Crippen LogP contribution >= 0.6 is 31.9 Å². The second kappa shape index (κ2) is 11.1. The molecule has 0 radical (unpaired) electrons. The van der Waals surface area contributed by atoms with Crippen molar-refractivity contribution >= 4 is 31.9 Å². The van der Waals surface area contributed by atoms with Crippen LogP contribution in [0.2, 0.25) is 0 Å². The van der Waals surface area contributed by atoms with Crippen LogP contribution in [-0.2, 0) is 10.8 Å². The first-order chi connectivity index (χ1) is 25.6. The predicted octanol–water partition coefficient (Wildman–Crippen LogP) is 13.6. The summed E-state index contributed by atoms with van der Waals surface area (Å²) in [6.07, 6.45) is 0. The van der Waals surface area contributed by atoms with E-state index in [1.54, 1.807) is 0 Å². The fourth-order valence-electron chi connectivity index (χ4n) is 10.0. The highest BCUT2D eigenvalue weighted by molar-refractivity contribution is 9.10. The van der Waals surface area contributed by atoms with Gasteiger partial charge in [-0.3, -0.25) is 0 Å². The third-order valence-corrected chi connectivity index (χ3v) is 12.9. The summed E-state index contributed by atoms with van der Waals surface area (Å²) in [5, 5.41) is 0. The van der Waals surface area contributed by atoms with Crippen LogP contribution in [0, 0.1) is 0 Å². The summed E-state index contributed by atoms with van der Waals surface area (Å²) >= 11 is 7.77. The van der Waals surface area contributed by atoms with Gasteiger partial charge in [0.15, 0.2) is 0 Å². The maximum absolute atomic E-state index is 3.88. The monoisotopic (exact) mass is 788 g/mol. The molecule has 0 unspecified atom stereocenters. The molecule has 0 saturated carbocycles. The lowest BCUT2D eigenvalue weighted by Crippen LogP contribution is -2.29. The number of fused-ring (bicyclic) bond motifs is 14. The van der Waals surface area contributed by atoms with Gasteiger partial charge in [0.2, 0.25) is 0 Å². The Morgan fingerprint density at radius 1 is 0.288 bits per heavy atom. The quantitative estimate of drug-likeness (QED) is 0.167. The summed E-state index contributed by atoms with van der Waals surface area (Å²) in [6.45, 7) is 0. The smallest absolute Gasteiger partial charge is 0.0622 e. The fourth-order valence-corrected chi connectivity index (χ4v) is 10.8. The summed E-state index contributed by atoms with van der Waals surface area (Å²) in [5.74, 6) is 0. The van der Waals surface area contributed by atoms with Crippen LogP contribution in [0.4, 0.5) is 0 Å². The van der Waals surface area contributed by atoms with Gasteiger partial charge in [0, 0.05) is 8.95 Å². The van der Waals surface area contributed by atoms with Gasteiger partial charge >= 0.3 is 0 Å². The Kier molecular flexibility index (Phi) is 6.49. The fraction of sp³-hybridized carbons (Fsp3) is 0.0400. The molecule has 0 bridgehead atoms. The Balaban J connectivity index is 1.33. The van der Waals surface area contributed by atoms with Crippen LogP contribution in [0.5, 0.6) is 0 Å². The average Bonchev–Trinajstić information content (AvgIpc) is 3.78. The van der Waals surface area contributed by atoms with E-state index in [0.717, 1.165) is 8.95 Å². The lowest BCUT2D eigenvalue weighted by molar-refractivity contribution is 0.763. The molecule has 8 aromatic carbocycles. The molecule has 11 rings (SSSR count). The lowest BCUT2D eigenvalue weighted by atomic mass is 9.66. The van der Waals surface area contributed by atoms with E-state index in [1.807, 2.05) is 0 Å². The van der Waals surface area contributed by atoms with Crippen molar-refractivity contribution in [3.8, 4) is 44.5 Å². The molecule has 52 heavy (non-hydrogen) atoms. The molecular formula is C50H30Br2. The van der Waals surface area contributed by atoms with Crippen LogP contribution in [0.15, 0.2) is 191 Å². The van der Waals surface area contributed by atoms with E-state index in [-0.39, 0.29) is 0 Å². The van der Waals surface area contributed by atoms with Gasteiger partial charge in [-0.15, -0.1) is 0 Å². The first-order valence-corrected chi connectivity index (χ1v) is 19.4. The molecule has 0 nitrogen and oxygen atoms in total. The summed E-state index contributed by atoms with van der Waals surface area (Å²) in [5.41, 5.74) is 19.9. The lowest BCUT2D eigenvalue weighted by Gasteiger charge is -2.35. The summed E-state index contributed by atoms with van der Waals surface area (Å²) in [7, 11) is 0. The molecule has 3 aliphatic carbocycles. The van der Waals surface area contributed by atoms with E-state index in [4.69, 9.17) is 0 Å². The van der Waals surface area contributed by atoms with Gasteiger partial charge < -0.3 is 0 Å². The molecule has 0 N–H and O–H groups in total. The first-order valence-electron chi connectivity index (χ1n) is 17.8. The van der Waals surface area contributed by atoms with Crippen LogP contribution < -0.4 is 0 Å². The van der Waals surface area contributed by atoms with Gasteiger partial charge in [0.1, 0.15) is 0 Å². The molecule has 0 aliphatic heterocycles. The third-order valence-electron chi connectivity index (χ3n) is 11.9. The number of rotatable bonds is 3. The van der Waals surface area contributed by atoms with Crippen LogP contribution in [0.25, 0.3) is 44.5 Å². The zero-order valence-corrected chi connectivity index (χ0v) is 31.2. The van der Waals surface area contributed by atoms with Gasteiger partial charge in [-0.25, -0.2) is 0 Å². The van der Waals surface area contributed by atoms with Crippen molar-refractivity contribution in [3.05, 3.63) is 235 Å². The molecule has 3 aliphatic rings. The topological polar surface area (TPSA) is 0 Å². The molecule has 1 spiro atoms. The Morgan fingerprint density at radius 2 is 0.769 bits per heavy atom. The van der Waals surface area contributed by atoms with E-state index in [0.29, 0.717) is 0 Å². The molecule has 8 aromatic rings. The summed E-state index contributed by atoms with van der Waals surface area (Å²) < 4.78 is 2.14. The van der Waals surface area contributed by atoms with Crippen LogP contribution in [0.3, 0.4) is 0 Å². The Hall–Kier alpha value is -5.28. The van der Waals surface area contributed by atoms with Crippen molar-refractivity contribution in [2.45, 2.75) is 10.8 Å². The molecule has 0 aromatic heterocycles. The molecule has 0 fully saturated rings. The number of benzene rings is 8. The minimum atomic E-state index is -0.575. The van der Waals surface area contributed by atoms with Gasteiger partial charge in [-0.2, -0.15) is 0 Å². The van der Waals surface area contributed by atoms with Crippen LogP contribution in [-0.4, -0.2) is 0 Å². The Labute approximate surface area is 320 Å². The SMILES string of the molecule is Brc1cccc(C2(c3cccc(Br)c3)c3cc(-c4ccccc4)ccc3-c3c2ccc2c3-c3ccccc3C23c2ccccc2-c2ccccc23)c1. The third kappa shape index (κ3) is 3.81. The molecule has 0 heterocycles. The van der Waals surface area contributed by atoms with Crippen molar-refractivity contribution in [1.82, 2.24) is 0 Å². The Bertz CT molecular complexity index is 2680. The zero-order chi connectivity index (χ0) is 34.6. The van der Waals surface area contributed by atoms with Crippen molar-refractivity contribution in [3.63, 3.8) is 0 Å². The maximum Gasteiger partial charge on any atom is 0.0725 e. The first kappa shape index (κ1) is 30.4. The van der Waals surface area contributed by atoms with Crippen molar-refractivity contribution in [1.29, 1.82) is 0 Å². The standard InChI is InChI=1S/C50H30Br2/c51-35-16-10-14-33(29-35)49(34-15-11-17-36(52)30-34)44-26-27-45-47(48(44)40-25-24-32(28-46(40)49)31-12-2-1-3-13-31)39-20-6-9-23-43(39)50(45)41-21-7-4-18-37(41)38-19-5-8-22-42(38)50/h1-30H. The van der Waals surface area contributed by atoms with E-state index in [2.05, 4.69) is 214 Å². The molecule has 244 valence electrons. The zero-order valence-electron chi connectivity index (χ0n) is 28.1. The van der Waals surface area contributed by atoms with Crippen molar-refractivity contribution < 1.29 is 0 Å². The van der Waals surface area contributed by atoms with Gasteiger partial charge in [-0.1, -0.05) is 184 Å². The van der Waals surface area contributed by atoms with Gasteiger partial charge in [0.25, 0.3) is 0 Å². The second-order valence-corrected chi connectivity index (χ2v) is 16.0. The average molecular weight is 791 g/mol. The highest BCUT2D eigenvalue weighted by Crippen LogP contribution is 2.67. The Morgan fingerprint density at radius 3 is 1.35 bits per heavy atom. The summed E-state index contributed by atoms with van der Waals surface area (Å²) in [4.78, 5) is 0. The molecule has 0 atom stereocenters. The minimum absolute atomic E-state index is 0.408. The van der Waals surface area contributed by atoms with E-state index in [1.165, 1.54) is 89.0 Å². The largest absolute Gasteiger partial charge is 0.0725 e. The molecule has 0 saturated heterocycles. The molecular weight excluding hydrogens is 760 g/mol. The normalized spacial score (nSPS) is 14.7. The molecule has 2 heteroatoms. The van der Waals surface area contributed by atoms with Crippen molar-refractivity contribution in [2.24, 2.45) is 0 Å². The number of hydrogen-bond donors (Lipinski definition) is 0. The van der Waals surface area contributed by atoms with E-state index < -0.39 is 10.8 Å². The molecule has 0 amide bonds. The highest BCUT2D eigenvalue weighted by atomic mass is 79.9. The maximum atomic E-state index is 3.88. The number of halogens is 2. The predicted molar refractivity (Wildman–Crippen MR) is 221 cm³/mol. The van der Waals surface area contributed by atoms with E-state index >= 15 is 0 Å².